The smallest absolute Gasteiger partial charge is 0.212 e. The minimum atomic E-state index is -3.14. The zero-order valence-corrected chi connectivity index (χ0v) is 14.4. The van der Waals surface area contributed by atoms with E-state index in [1.807, 2.05) is 34.6 Å². The van der Waals surface area contributed by atoms with Crippen molar-refractivity contribution in [2.24, 2.45) is 0 Å². The third-order valence-corrected chi connectivity index (χ3v) is 7.75. The molecule has 0 aromatic heterocycles. The van der Waals surface area contributed by atoms with E-state index in [2.05, 4.69) is 0 Å². The number of nitrogens with zero attached hydrogens (tertiary/aromatic N) is 1. The van der Waals surface area contributed by atoms with E-state index in [0.29, 0.717) is 6.42 Å². The van der Waals surface area contributed by atoms with E-state index >= 15 is 0 Å². The number of aryl methyl sites for hydroxylation is 1. The first kappa shape index (κ1) is 15.4. The molecule has 0 spiro atoms. The van der Waals surface area contributed by atoms with Crippen molar-refractivity contribution in [1.82, 2.24) is 4.31 Å². The largest absolute Gasteiger partial charge is 0.214 e. The summed E-state index contributed by atoms with van der Waals surface area (Å²) in [6.07, 6.45) is 8.55. The van der Waals surface area contributed by atoms with E-state index in [1.165, 1.54) is 19.3 Å². The van der Waals surface area contributed by atoms with Crippen LogP contribution in [0.5, 0.6) is 0 Å². The summed E-state index contributed by atoms with van der Waals surface area (Å²) >= 11 is 0. The Labute approximate surface area is 139 Å². The molecule has 1 saturated carbocycles. The number of rotatable bonds is 4. The Morgan fingerprint density at radius 2 is 1.61 bits per heavy atom. The molecule has 2 bridgehead atoms. The predicted molar refractivity (Wildman–Crippen MR) is 92.7 cm³/mol. The van der Waals surface area contributed by atoms with Crippen LogP contribution in [0.25, 0.3) is 0 Å². The molecule has 0 N–H and O–H groups in total. The number of allylic oxidation sites excluding steroid dienone is 1. The van der Waals surface area contributed by atoms with Gasteiger partial charge in [-0.25, -0.2) is 8.42 Å². The lowest BCUT2D eigenvalue weighted by Gasteiger charge is -2.37. The van der Waals surface area contributed by atoms with E-state index in [-0.39, 0.29) is 17.8 Å². The van der Waals surface area contributed by atoms with Gasteiger partial charge in [-0.2, -0.15) is 4.31 Å². The molecule has 2 atom stereocenters. The normalized spacial score (nSPS) is 28.0. The maximum absolute atomic E-state index is 12.9. The Morgan fingerprint density at radius 1 is 0.957 bits per heavy atom. The molecule has 2 saturated heterocycles. The minimum absolute atomic E-state index is 0.234. The first-order valence-corrected chi connectivity index (χ1v) is 10.5. The Balaban J connectivity index is 1.47. The molecule has 1 aromatic rings. The monoisotopic (exact) mass is 331 g/mol. The van der Waals surface area contributed by atoms with Gasteiger partial charge in [-0.15, -0.1) is 0 Å². The first-order valence-electron chi connectivity index (χ1n) is 8.88. The second kappa shape index (κ2) is 6.06. The van der Waals surface area contributed by atoms with Crippen molar-refractivity contribution in [3.63, 3.8) is 0 Å². The summed E-state index contributed by atoms with van der Waals surface area (Å²) in [7, 11) is -3.14. The molecule has 3 fully saturated rings. The molecule has 3 nitrogen and oxygen atoms in total. The molecule has 2 unspecified atom stereocenters. The van der Waals surface area contributed by atoms with Crippen LogP contribution in [0.4, 0.5) is 0 Å². The van der Waals surface area contributed by atoms with Crippen molar-refractivity contribution in [3.05, 3.63) is 47.0 Å². The summed E-state index contributed by atoms with van der Waals surface area (Å²) in [5.41, 5.74) is 4.35. The van der Waals surface area contributed by atoms with Crippen LogP contribution in [0.1, 0.15) is 50.5 Å². The molecular weight excluding hydrogens is 306 g/mol. The molecular formula is C19H25NO2S. The summed E-state index contributed by atoms with van der Waals surface area (Å²) in [6, 6.07) is 10.4. The van der Waals surface area contributed by atoms with Crippen LogP contribution in [0.3, 0.4) is 0 Å². The third kappa shape index (κ3) is 2.99. The number of piperidine rings is 1. The number of fused-ring (bicyclic) bond motifs is 2. The summed E-state index contributed by atoms with van der Waals surface area (Å²) in [5, 5.41) is 0. The summed E-state index contributed by atoms with van der Waals surface area (Å²) in [4.78, 5) is 0. The van der Waals surface area contributed by atoms with Crippen molar-refractivity contribution in [3.8, 4) is 0 Å². The highest BCUT2D eigenvalue weighted by Crippen LogP contribution is 2.44. The van der Waals surface area contributed by atoms with Gasteiger partial charge in [0.2, 0.25) is 10.0 Å². The fraction of sp³-hybridized carbons (Fsp3) is 0.579. The molecule has 2 heterocycles. The fourth-order valence-electron chi connectivity index (χ4n) is 4.42. The highest BCUT2D eigenvalue weighted by molar-refractivity contribution is 7.89. The molecule has 0 radical (unpaired) electrons. The highest BCUT2D eigenvalue weighted by Gasteiger charge is 2.45. The maximum Gasteiger partial charge on any atom is 0.214 e. The van der Waals surface area contributed by atoms with Crippen LogP contribution in [0.2, 0.25) is 0 Å². The molecule has 4 rings (SSSR count). The molecule has 3 aliphatic rings. The van der Waals surface area contributed by atoms with Gasteiger partial charge in [0, 0.05) is 12.1 Å². The zero-order chi connectivity index (χ0) is 15.9. The van der Waals surface area contributed by atoms with Gasteiger partial charge < -0.3 is 0 Å². The van der Waals surface area contributed by atoms with E-state index < -0.39 is 10.0 Å². The molecule has 1 aliphatic carbocycles. The lowest BCUT2D eigenvalue weighted by molar-refractivity contribution is 0.281. The van der Waals surface area contributed by atoms with E-state index in [1.54, 1.807) is 11.1 Å². The summed E-state index contributed by atoms with van der Waals surface area (Å²) in [5.74, 6) is 0.246. The maximum atomic E-state index is 12.9. The summed E-state index contributed by atoms with van der Waals surface area (Å²) in [6.45, 7) is 0. The number of sulfonamides is 1. The van der Waals surface area contributed by atoms with E-state index in [4.69, 9.17) is 0 Å². The second-order valence-corrected chi connectivity index (χ2v) is 9.23. The third-order valence-electron chi connectivity index (χ3n) is 5.79. The van der Waals surface area contributed by atoms with Gasteiger partial charge in [0.1, 0.15) is 0 Å². The van der Waals surface area contributed by atoms with Crippen LogP contribution in [-0.4, -0.2) is 30.6 Å². The summed E-state index contributed by atoms with van der Waals surface area (Å²) < 4.78 is 27.7. The lowest BCUT2D eigenvalue weighted by atomic mass is 9.83. The van der Waals surface area contributed by atoms with Crippen molar-refractivity contribution in [2.45, 2.75) is 63.5 Å². The van der Waals surface area contributed by atoms with Crippen LogP contribution in [-0.2, 0) is 16.4 Å². The van der Waals surface area contributed by atoms with Gasteiger partial charge in [0.25, 0.3) is 0 Å². The molecule has 124 valence electrons. The van der Waals surface area contributed by atoms with Crippen molar-refractivity contribution < 1.29 is 8.42 Å². The first-order chi connectivity index (χ1) is 11.1. The fourth-order valence-corrected chi connectivity index (χ4v) is 6.39. The van der Waals surface area contributed by atoms with Crippen LogP contribution < -0.4 is 0 Å². The Bertz CT molecular complexity index is 686. The molecule has 0 amide bonds. The topological polar surface area (TPSA) is 37.4 Å². The van der Waals surface area contributed by atoms with Gasteiger partial charge >= 0.3 is 0 Å². The molecule has 4 heteroatoms. The quantitative estimate of drug-likeness (QED) is 0.790. The zero-order valence-electron chi connectivity index (χ0n) is 13.6. The average Bonchev–Trinajstić information content (AvgIpc) is 2.78. The number of benzene rings is 1. The lowest BCUT2D eigenvalue weighted by Crippen LogP contribution is -2.46. The van der Waals surface area contributed by atoms with Gasteiger partial charge in [0.05, 0.1) is 5.75 Å². The number of hydrogen-bond donors (Lipinski definition) is 0. The van der Waals surface area contributed by atoms with Crippen LogP contribution in [0.15, 0.2) is 41.5 Å². The predicted octanol–water partition coefficient (Wildman–Crippen LogP) is 3.67. The molecule has 1 aromatic carbocycles. The van der Waals surface area contributed by atoms with Crippen molar-refractivity contribution >= 4 is 10.0 Å². The highest BCUT2D eigenvalue weighted by atomic mass is 32.2. The molecule has 23 heavy (non-hydrogen) atoms. The van der Waals surface area contributed by atoms with Gasteiger partial charge in [-0.1, -0.05) is 41.5 Å². The van der Waals surface area contributed by atoms with Crippen LogP contribution >= 0.6 is 0 Å². The number of hydrogen-bond acceptors (Lipinski definition) is 2. The Morgan fingerprint density at radius 3 is 2.17 bits per heavy atom. The van der Waals surface area contributed by atoms with Gasteiger partial charge in [0.15, 0.2) is 0 Å². The van der Waals surface area contributed by atoms with Crippen LogP contribution in [0, 0.1) is 0 Å². The Kier molecular flexibility index (Phi) is 4.06. The van der Waals surface area contributed by atoms with Crippen molar-refractivity contribution in [2.75, 3.05) is 5.75 Å². The molecule has 2 aliphatic heterocycles. The van der Waals surface area contributed by atoms with Gasteiger partial charge in [-0.3, -0.25) is 0 Å². The second-order valence-electron chi connectivity index (χ2n) is 7.24. The van der Waals surface area contributed by atoms with Gasteiger partial charge in [-0.05, 0) is 56.9 Å². The van der Waals surface area contributed by atoms with E-state index in [9.17, 15) is 8.42 Å². The standard InChI is InChI=1S/C19H25NO2S/c21-23(22,12-11-15-5-2-1-3-6-15)20-18-9-10-19(20)14-17(13-18)16-7-4-8-16/h1-3,5-6,18-19H,4,7-14H2. The minimum Gasteiger partial charge on any atom is -0.212 e. The van der Waals surface area contributed by atoms with Crippen molar-refractivity contribution in [1.29, 1.82) is 0 Å². The van der Waals surface area contributed by atoms with E-state index in [0.717, 1.165) is 31.2 Å². The average molecular weight is 331 g/mol. The Hall–Kier alpha value is -1.13. The SMILES string of the molecule is O=S(=O)(CCc1ccccc1)N1C2CCC1CC(=C1CCC1)C2.